The number of rotatable bonds is 8. The van der Waals surface area contributed by atoms with E-state index in [2.05, 4.69) is 52.3 Å². The number of hydrogen-bond acceptors (Lipinski definition) is 4. The maximum atomic E-state index is 6.10. The normalized spacial score (nSPS) is 17.9. The van der Waals surface area contributed by atoms with E-state index in [0.717, 1.165) is 57.0 Å². The first kappa shape index (κ1) is 21.2. The quantitative estimate of drug-likeness (QED) is 0.598. The van der Waals surface area contributed by atoms with Crippen molar-refractivity contribution in [1.82, 2.24) is 9.80 Å². The molecule has 2 aromatic rings. The molecule has 2 heterocycles. The number of likely N-dealkylation sites (tertiary alicyclic amines) is 1. The molecule has 0 saturated carbocycles. The zero-order valence-electron chi connectivity index (χ0n) is 18.4. The number of methoxy groups -OCH3 is 1. The van der Waals surface area contributed by atoms with Crippen LogP contribution < -0.4 is 9.47 Å². The Morgan fingerprint density at radius 1 is 0.767 bits per heavy atom. The first-order valence-electron chi connectivity index (χ1n) is 11.6. The Balaban J connectivity index is 1.25. The molecule has 0 bridgehead atoms. The highest BCUT2D eigenvalue weighted by Crippen LogP contribution is 2.23. The summed E-state index contributed by atoms with van der Waals surface area (Å²) in [5.74, 6) is 1.96. The van der Waals surface area contributed by atoms with Gasteiger partial charge >= 0.3 is 0 Å². The Morgan fingerprint density at radius 2 is 1.50 bits per heavy atom. The number of hydrogen-bond donors (Lipinski definition) is 0. The van der Waals surface area contributed by atoms with Crippen LogP contribution in [0.5, 0.6) is 11.5 Å². The molecule has 2 aromatic carbocycles. The average molecular weight is 409 g/mol. The summed E-state index contributed by atoms with van der Waals surface area (Å²) >= 11 is 0. The first-order valence-corrected chi connectivity index (χ1v) is 11.6. The van der Waals surface area contributed by atoms with E-state index in [1.165, 1.54) is 55.6 Å². The highest BCUT2D eigenvalue weighted by Gasteiger charge is 2.15. The van der Waals surface area contributed by atoms with Gasteiger partial charge in [0.05, 0.1) is 13.7 Å². The molecule has 1 saturated heterocycles. The standard InChI is InChI=1S/C26H36N2O2/c1-29-25-9-6-22(7-10-25)21-28-17-12-23-8-11-26(20-24(23)13-18-28)30-19-5-16-27-14-3-2-4-15-27/h6-11,20H,2-5,12-19,21H2,1H3. The molecular formula is C26H36N2O2. The molecule has 30 heavy (non-hydrogen) atoms. The van der Waals surface area contributed by atoms with E-state index >= 15 is 0 Å². The fourth-order valence-corrected chi connectivity index (χ4v) is 4.65. The smallest absolute Gasteiger partial charge is 0.119 e. The number of piperidine rings is 1. The molecule has 0 spiro atoms. The summed E-state index contributed by atoms with van der Waals surface area (Å²) in [6, 6.07) is 15.2. The van der Waals surface area contributed by atoms with Crippen molar-refractivity contribution < 1.29 is 9.47 Å². The van der Waals surface area contributed by atoms with Crippen molar-refractivity contribution in [2.24, 2.45) is 0 Å². The molecule has 4 nitrogen and oxygen atoms in total. The molecule has 0 aromatic heterocycles. The lowest BCUT2D eigenvalue weighted by molar-refractivity contribution is 0.205. The van der Waals surface area contributed by atoms with E-state index in [0.29, 0.717) is 0 Å². The Kier molecular flexibility index (Phi) is 7.65. The summed E-state index contributed by atoms with van der Waals surface area (Å²) in [4.78, 5) is 5.14. The summed E-state index contributed by atoms with van der Waals surface area (Å²) in [6.07, 6.45) is 7.45. The molecule has 0 N–H and O–H groups in total. The molecule has 0 atom stereocenters. The minimum absolute atomic E-state index is 0.818. The molecule has 4 rings (SSSR count). The molecule has 2 aliphatic rings. The number of nitrogens with zero attached hydrogens (tertiary/aromatic N) is 2. The third kappa shape index (κ3) is 5.99. The largest absolute Gasteiger partial charge is 0.497 e. The second kappa shape index (κ2) is 10.8. The van der Waals surface area contributed by atoms with E-state index in [1.54, 1.807) is 7.11 Å². The van der Waals surface area contributed by atoms with E-state index in [-0.39, 0.29) is 0 Å². The summed E-state index contributed by atoms with van der Waals surface area (Å²) in [6.45, 7) is 7.73. The highest BCUT2D eigenvalue weighted by atomic mass is 16.5. The van der Waals surface area contributed by atoms with Gasteiger partial charge in [0.1, 0.15) is 11.5 Å². The fraction of sp³-hybridized carbons (Fsp3) is 0.538. The van der Waals surface area contributed by atoms with Gasteiger partial charge in [-0.25, -0.2) is 0 Å². The topological polar surface area (TPSA) is 24.9 Å². The molecular weight excluding hydrogens is 372 g/mol. The Hall–Kier alpha value is -2.04. The summed E-state index contributed by atoms with van der Waals surface area (Å²) in [5.41, 5.74) is 4.29. The number of benzene rings is 2. The van der Waals surface area contributed by atoms with Crippen molar-refractivity contribution in [3.05, 3.63) is 59.2 Å². The van der Waals surface area contributed by atoms with E-state index < -0.39 is 0 Å². The van der Waals surface area contributed by atoms with Crippen LogP contribution in [0.15, 0.2) is 42.5 Å². The second-order valence-electron chi connectivity index (χ2n) is 8.66. The minimum Gasteiger partial charge on any atom is -0.497 e. The Labute approximate surface area is 181 Å². The van der Waals surface area contributed by atoms with Crippen LogP contribution >= 0.6 is 0 Å². The summed E-state index contributed by atoms with van der Waals surface area (Å²) in [5, 5.41) is 0. The summed E-state index contributed by atoms with van der Waals surface area (Å²) in [7, 11) is 1.72. The molecule has 0 aliphatic carbocycles. The predicted octanol–water partition coefficient (Wildman–Crippen LogP) is 4.55. The van der Waals surface area contributed by atoms with Crippen molar-refractivity contribution in [1.29, 1.82) is 0 Å². The van der Waals surface area contributed by atoms with Crippen molar-refractivity contribution in [2.75, 3.05) is 46.4 Å². The van der Waals surface area contributed by atoms with Gasteiger partial charge in [0.2, 0.25) is 0 Å². The first-order chi connectivity index (χ1) is 14.8. The average Bonchev–Trinajstić information content (AvgIpc) is 3.00. The van der Waals surface area contributed by atoms with Crippen LogP contribution in [0, 0.1) is 0 Å². The van der Waals surface area contributed by atoms with Crippen LogP contribution in [0.25, 0.3) is 0 Å². The Bertz CT molecular complexity index is 784. The van der Waals surface area contributed by atoms with Gasteiger partial charge in [-0.05, 0) is 86.1 Å². The second-order valence-corrected chi connectivity index (χ2v) is 8.66. The molecule has 1 fully saturated rings. The van der Waals surface area contributed by atoms with Gasteiger partial charge in [-0.3, -0.25) is 4.90 Å². The fourth-order valence-electron chi connectivity index (χ4n) is 4.65. The highest BCUT2D eigenvalue weighted by molar-refractivity contribution is 5.37. The third-order valence-corrected chi connectivity index (χ3v) is 6.47. The van der Waals surface area contributed by atoms with Crippen molar-refractivity contribution in [3.8, 4) is 11.5 Å². The zero-order valence-corrected chi connectivity index (χ0v) is 18.4. The van der Waals surface area contributed by atoms with Gasteiger partial charge in [-0.1, -0.05) is 24.6 Å². The lowest BCUT2D eigenvalue weighted by atomic mass is 10.0. The monoisotopic (exact) mass is 408 g/mol. The lowest BCUT2D eigenvalue weighted by Gasteiger charge is -2.26. The van der Waals surface area contributed by atoms with Gasteiger partial charge in [0, 0.05) is 26.2 Å². The van der Waals surface area contributed by atoms with Gasteiger partial charge < -0.3 is 14.4 Å². The van der Waals surface area contributed by atoms with Gasteiger partial charge in [-0.15, -0.1) is 0 Å². The Morgan fingerprint density at radius 3 is 2.27 bits per heavy atom. The van der Waals surface area contributed by atoms with Crippen LogP contribution in [0.4, 0.5) is 0 Å². The zero-order chi connectivity index (χ0) is 20.6. The van der Waals surface area contributed by atoms with Crippen LogP contribution in [0.2, 0.25) is 0 Å². The van der Waals surface area contributed by atoms with Crippen LogP contribution in [-0.4, -0.2) is 56.2 Å². The van der Waals surface area contributed by atoms with E-state index in [1.807, 2.05) is 0 Å². The molecule has 0 unspecified atom stereocenters. The minimum atomic E-state index is 0.818. The maximum absolute atomic E-state index is 6.10. The third-order valence-electron chi connectivity index (χ3n) is 6.47. The lowest BCUT2D eigenvalue weighted by Crippen LogP contribution is -2.31. The molecule has 0 radical (unpaired) electrons. The van der Waals surface area contributed by atoms with Gasteiger partial charge in [0.25, 0.3) is 0 Å². The van der Waals surface area contributed by atoms with Crippen LogP contribution in [0.3, 0.4) is 0 Å². The molecule has 0 amide bonds. The number of fused-ring (bicyclic) bond motifs is 1. The van der Waals surface area contributed by atoms with Gasteiger partial charge in [-0.2, -0.15) is 0 Å². The number of ether oxygens (including phenoxy) is 2. The SMILES string of the molecule is COc1ccc(CN2CCc3ccc(OCCCN4CCCCC4)cc3CC2)cc1. The molecule has 162 valence electrons. The van der Waals surface area contributed by atoms with Crippen molar-refractivity contribution >= 4 is 0 Å². The summed E-state index contributed by atoms with van der Waals surface area (Å²) < 4.78 is 11.4. The molecule has 4 heteroatoms. The van der Waals surface area contributed by atoms with Crippen LogP contribution in [0.1, 0.15) is 42.4 Å². The van der Waals surface area contributed by atoms with Crippen molar-refractivity contribution in [3.63, 3.8) is 0 Å². The van der Waals surface area contributed by atoms with E-state index in [9.17, 15) is 0 Å². The van der Waals surface area contributed by atoms with E-state index in [4.69, 9.17) is 9.47 Å². The maximum Gasteiger partial charge on any atom is 0.119 e. The van der Waals surface area contributed by atoms with Crippen LogP contribution in [-0.2, 0) is 19.4 Å². The molecule has 2 aliphatic heterocycles. The van der Waals surface area contributed by atoms with Gasteiger partial charge in [0.15, 0.2) is 0 Å². The van der Waals surface area contributed by atoms with Crippen molar-refractivity contribution in [2.45, 2.75) is 45.1 Å². The predicted molar refractivity (Wildman–Crippen MR) is 123 cm³/mol.